The molecule has 0 saturated heterocycles. The fourth-order valence-electron chi connectivity index (χ4n) is 2.56. The quantitative estimate of drug-likeness (QED) is 0.933. The molecule has 0 unspecified atom stereocenters. The summed E-state index contributed by atoms with van der Waals surface area (Å²) in [4.78, 5) is 2.05. The molecule has 0 spiro atoms. The Balaban J connectivity index is 2.11. The van der Waals surface area contributed by atoms with Gasteiger partial charge in [0.1, 0.15) is 6.07 Å². The molecule has 1 aromatic carbocycles. The highest BCUT2D eigenvalue weighted by Gasteiger charge is 2.32. The lowest BCUT2D eigenvalue weighted by molar-refractivity contribution is 0.0559. The van der Waals surface area contributed by atoms with Gasteiger partial charge < -0.3 is 10.0 Å². The molecular formula is C14H17BrN2O. The predicted octanol–water partition coefficient (Wildman–Crippen LogP) is 3.06. The molecule has 18 heavy (non-hydrogen) atoms. The highest BCUT2D eigenvalue weighted by Crippen LogP contribution is 2.32. The molecule has 1 aliphatic rings. The van der Waals surface area contributed by atoms with E-state index >= 15 is 0 Å². The number of nitriles is 1. The molecule has 3 nitrogen and oxygen atoms in total. The SMILES string of the molecule is CN(CC1(O)CCCC1)c1ccc(C#N)c(Br)c1. The summed E-state index contributed by atoms with van der Waals surface area (Å²) < 4.78 is 0.799. The minimum Gasteiger partial charge on any atom is -0.388 e. The Morgan fingerprint density at radius 1 is 1.44 bits per heavy atom. The molecule has 4 heteroatoms. The van der Waals surface area contributed by atoms with Gasteiger partial charge in [-0.2, -0.15) is 5.26 Å². The topological polar surface area (TPSA) is 47.3 Å². The van der Waals surface area contributed by atoms with Gasteiger partial charge >= 0.3 is 0 Å². The van der Waals surface area contributed by atoms with Crippen molar-refractivity contribution in [3.63, 3.8) is 0 Å². The van der Waals surface area contributed by atoms with Crippen LogP contribution in [0.25, 0.3) is 0 Å². The van der Waals surface area contributed by atoms with Gasteiger partial charge in [0.25, 0.3) is 0 Å². The summed E-state index contributed by atoms with van der Waals surface area (Å²) >= 11 is 3.39. The maximum Gasteiger partial charge on any atom is 0.100 e. The molecule has 1 N–H and O–H groups in total. The van der Waals surface area contributed by atoms with E-state index in [1.807, 2.05) is 19.2 Å². The molecular weight excluding hydrogens is 292 g/mol. The molecule has 0 amide bonds. The second-order valence-corrected chi connectivity index (χ2v) is 5.92. The monoisotopic (exact) mass is 308 g/mol. The third-order valence-corrected chi connectivity index (χ3v) is 4.24. The number of hydrogen-bond donors (Lipinski definition) is 1. The first kappa shape index (κ1) is 13.4. The minimum atomic E-state index is -0.547. The number of aliphatic hydroxyl groups is 1. The second kappa shape index (κ2) is 5.29. The van der Waals surface area contributed by atoms with Crippen LogP contribution in [0.4, 0.5) is 5.69 Å². The standard InChI is InChI=1S/C14H17BrN2O/c1-17(10-14(18)6-2-3-7-14)12-5-4-11(9-16)13(15)8-12/h4-5,8,18H,2-3,6-7,10H2,1H3. The molecule has 1 aliphatic carbocycles. The van der Waals surface area contributed by atoms with Crippen LogP contribution < -0.4 is 4.90 Å². The number of halogens is 1. The summed E-state index contributed by atoms with van der Waals surface area (Å²) in [7, 11) is 1.98. The molecule has 1 fully saturated rings. The first-order valence-electron chi connectivity index (χ1n) is 6.17. The van der Waals surface area contributed by atoms with Gasteiger partial charge in [-0.25, -0.2) is 0 Å². The number of likely N-dealkylation sites (N-methyl/N-ethyl adjacent to an activating group) is 1. The zero-order valence-corrected chi connectivity index (χ0v) is 12.1. The Labute approximate surface area is 116 Å². The Kier molecular flexibility index (Phi) is 3.94. The van der Waals surface area contributed by atoms with Gasteiger partial charge in [-0.05, 0) is 47.0 Å². The first-order valence-corrected chi connectivity index (χ1v) is 6.96. The Morgan fingerprint density at radius 3 is 2.67 bits per heavy atom. The highest BCUT2D eigenvalue weighted by atomic mass is 79.9. The maximum atomic E-state index is 10.4. The van der Waals surface area contributed by atoms with Gasteiger partial charge in [-0.3, -0.25) is 0 Å². The van der Waals surface area contributed by atoms with E-state index in [1.54, 1.807) is 6.07 Å². The number of hydrogen-bond acceptors (Lipinski definition) is 3. The summed E-state index contributed by atoms with van der Waals surface area (Å²) in [6.45, 7) is 0.644. The average molecular weight is 309 g/mol. The molecule has 0 atom stereocenters. The van der Waals surface area contributed by atoms with Gasteiger partial charge in [0, 0.05) is 23.8 Å². The lowest BCUT2D eigenvalue weighted by atomic mass is 10.0. The molecule has 1 saturated carbocycles. The minimum absolute atomic E-state index is 0.547. The fourth-order valence-corrected chi connectivity index (χ4v) is 3.01. The van der Waals surface area contributed by atoms with Crippen LogP contribution in [0.3, 0.4) is 0 Å². The van der Waals surface area contributed by atoms with Crippen molar-refractivity contribution < 1.29 is 5.11 Å². The van der Waals surface area contributed by atoms with Gasteiger partial charge in [-0.1, -0.05) is 12.8 Å². The number of rotatable bonds is 3. The van der Waals surface area contributed by atoms with E-state index in [0.717, 1.165) is 35.8 Å². The Hall–Kier alpha value is -1.05. The Morgan fingerprint density at radius 2 is 2.11 bits per heavy atom. The summed E-state index contributed by atoms with van der Waals surface area (Å²) in [6, 6.07) is 7.77. The van der Waals surface area contributed by atoms with Crippen molar-refractivity contribution in [3.05, 3.63) is 28.2 Å². The van der Waals surface area contributed by atoms with E-state index in [0.29, 0.717) is 12.1 Å². The van der Waals surface area contributed by atoms with Crippen LogP contribution in [0.1, 0.15) is 31.2 Å². The van der Waals surface area contributed by atoms with Crippen LogP contribution in [-0.2, 0) is 0 Å². The largest absolute Gasteiger partial charge is 0.388 e. The molecule has 0 aromatic heterocycles. The van der Waals surface area contributed by atoms with E-state index in [-0.39, 0.29) is 0 Å². The van der Waals surface area contributed by atoms with Crippen LogP contribution >= 0.6 is 15.9 Å². The smallest absolute Gasteiger partial charge is 0.100 e. The van der Waals surface area contributed by atoms with Gasteiger partial charge in [-0.15, -0.1) is 0 Å². The van der Waals surface area contributed by atoms with Crippen LogP contribution in [0.5, 0.6) is 0 Å². The van der Waals surface area contributed by atoms with Crippen molar-refractivity contribution in [1.29, 1.82) is 5.26 Å². The van der Waals surface area contributed by atoms with Crippen molar-refractivity contribution in [3.8, 4) is 6.07 Å². The molecule has 2 rings (SSSR count). The highest BCUT2D eigenvalue weighted by molar-refractivity contribution is 9.10. The van der Waals surface area contributed by atoms with E-state index in [9.17, 15) is 5.11 Å². The van der Waals surface area contributed by atoms with Crippen LogP contribution in [0.2, 0.25) is 0 Å². The normalized spacial score (nSPS) is 17.4. The summed E-state index contributed by atoms with van der Waals surface area (Å²) in [5, 5.41) is 19.3. The summed E-state index contributed by atoms with van der Waals surface area (Å²) in [6.07, 6.45) is 3.99. The van der Waals surface area contributed by atoms with Crippen molar-refractivity contribution in [2.24, 2.45) is 0 Å². The first-order chi connectivity index (χ1) is 8.54. The molecule has 0 aliphatic heterocycles. The molecule has 96 valence electrons. The van der Waals surface area contributed by atoms with Crippen molar-refractivity contribution >= 4 is 21.6 Å². The number of nitrogens with zero attached hydrogens (tertiary/aromatic N) is 2. The van der Waals surface area contributed by atoms with Crippen LogP contribution in [0.15, 0.2) is 22.7 Å². The van der Waals surface area contributed by atoms with Gasteiger partial charge in [0.2, 0.25) is 0 Å². The zero-order valence-electron chi connectivity index (χ0n) is 10.5. The number of anilines is 1. The second-order valence-electron chi connectivity index (χ2n) is 5.06. The van der Waals surface area contributed by atoms with Crippen LogP contribution in [0, 0.1) is 11.3 Å². The summed E-state index contributed by atoms with van der Waals surface area (Å²) in [5.74, 6) is 0. The van der Waals surface area contributed by atoms with E-state index in [2.05, 4.69) is 26.9 Å². The third-order valence-electron chi connectivity index (χ3n) is 3.58. The molecule has 0 bridgehead atoms. The maximum absolute atomic E-state index is 10.4. The Bertz CT molecular complexity index is 475. The van der Waals surface area contributed by atoms with Crippen molar-refractivity contribution in [2.75, 3.05) is 18.5 Å². The van der Waals surface area contributed by atoms with Crippen LogP contribution in [-0.4, -0.2) is 24.3 Å². The molecule has 0 heterocycles. The predicted molar refractivity (Wildman–Crippen MR) is 75.5 cm³/mol. The average Bonchev–Trinajstić information content (AvgIpc) is 2.75. The summed E-state index contributed by atoms with van der Waals surface area (Å²) in [5.41, 5.74) is 1.10. The lowest BCUT2D eigenvalue weighted by Crippen LogP contribution is -2.39. The lowest BCUT2D eigenvalue weighted by Gasteiger charge is -2.30. The van der Waals surface area contributed by atoms with E-state index < -0.39 is 5.60 Å². The fraction of sp³-hybridized carbons (Fsp3) is 0.500. The molecule has 0 radical (unpaired) electrons. The van der Waals surface area contributed by atoms with Crippen molar-refractivity contribution in [1.82, 2.24) is 0 Å². The third kappa shape index (κ3) is 2.85. The van der Waals surface area contributed by atoms with Gasteiger partial charge in [0.15, 0.2) is 0 Å². The van der Waals surface area contributed by atoms with E-state index in [1.165, 1.54) is 0 Å². The van der Waals surface area contributed by atoms with E-state index in [4.69, 9.17) is 5.26 Å². The molecule has 1 aromatic rings. The van der Waals surface area contributed by atoms with Crippen molar-refractivity contribution in [2.45, 2.75) is 31.3 Å². The number of benzene rings is 1. The zero-order chi connectivity index (χ0) is 13.2. The van der Waals surface area contributed by atoms with Gasteiger partial charge in [0.05, 0.1) is 11.2 Å².